The Balaban J connectivity index is 1.59. The van der Waals surface area contributed by atoms with Crippen molar-refractivity contribution in [2.75, 3.05) is 36.4 Å². The van der Waals surface area contributed by atoms with Crippen LogP contribution < -0.4 is 10.2 Å². The number of benzene rings is 2. The standard InChI is InChI=1S/C22H28N4O3S/c1-4-17(3)30-18-9-10-19(16(2)15-18)23-22(27)25-13-11-24(12-14-25)20-7-5-6-8-21(20)26(28)29/h5-10,15,17H,4,11-14H2,1-3H3,(H,23,27). The van der Waals surface area contributed by atoms with Crippen LogP contribution in [0, 0.1) is 17.0 Å². The van der Waals surface area contributed by atoms with Gasteiger partial charge in [0.15, 0.2) is 0 Å². The molecule has 1 aliphatic rings. The first-order valence-electron chi connectivity index (χ1n) is 10.2. The molecule has 1 aliphatic heterocycles. The molecule has 8 heteroatoms. The molecule has 0 radical (unpaired) electrons. The zero-order valence-electron chi connectivity index (χ0n) is 17.6. The smallest absolute Gasteiger partial charge is 0.321 e. The number of aryl methyl sites for hydroxylation is 1. The lowest BCUT2D eigenvalue weighted by atomic mass is 10.2. The van der Waals surface area contributed by atoms with Crippen molar-refractivity contribution in [1.82, 2.24) is 4.90 Å². The SMILES string of the molecule is CCC(C)Sc1ccc(NC(=O)N2CCN(c3ccccc3[N+](=O)[O-])CC2)c(C)c1. The van der Waals surface area contributed by atoms with Crippen molar-refractivity contribution < 1.29 is 9.72 Å². The molecular weight excluding hydrogens is 400 g/mol. The maximum atomic E-state index is 12.7. The molecule has 0 bridgehead atoms. The van der Waals surface area contributed by atoms with E-state index >= 15 is 0 Å². The molecule has 2 aromatic rings. The number of hydrogen-bond acceptors (Lipinski definition) is 5. The van der Waals surface area contributed by atoms with Crippen molar-refractivity contribution in [2.45, 2.75) is 37.3 Å². The van der Waals surface area contributed by atoms with Crippen LogP contribution in [-0.4, -0.2) is 47.3 Å². The molecule has 1 N–H and O–H groups in total. The lowest BCUT2D eigenvalue weighted by Gasteiger charge is -2.35. The summed E-state index contributed by atoms with van der Waals surface area (Å²) in [6.07, 6.45) is 1.11. The molecule has 1 atom stereocenters. The molecule has 1 heterocycles. The van der Waals surface area contributed by atoms with Gasteiger partial charge < -0.3 is 15.1 Å². The van der Waals surface area contributed by atoms with Crippen molar-refractivity contribution in [3.8, 4) is 0 Å². The lowest BCUT2D eigenvalue weighted by molar-refractivity contribution is -0.384. The lowest BCUT2D eigenvalue weighted by Crippen LogP contribution is -2.50. The zero-order valence-corrected chi connectivity index (χ0v) is 18.4. The monoisotopic (exact) mass is 428 g/mol. The van der Waals surface area contributed by atoms with Crippen molar-refractivity contribution in [1.29, 1.82) is 0 Å². The van der Waals surface area contributed by atoms with Crippen LogP contribution in [0.25, 0.3) is 0 Å². The highest BCUT2D eigenvalue weighted by molar-refractivity contribution is 7.99. The molecule has 0 aliphatic carbocycles. The molecule has 1 unspecified atom stereocenters. The van der Waals surface area contributed by atoms with Crippen LogP contribution in [0.5, 0.6) is 0 Å². The Bertz CT molecular complexity index is 913. The van der Waals surface area contributed by atoms with Gasteiger partial charge in [0.05, 0.1) is 4.92 Å². The first-order valence-corrected chi connectivity index (χ1v) is 11.1. The summed E-state index contributed by atoms with van der Waals surface area (Å²) >= 11 is 1.84. The number of carbonyl (C=O) groups excluding carboxylic acids is 1. The Labute approximate surface area is 181 Å². The molecule has 2 aromatic carbocycles. The number of nitro benzene ring substituents is 1. The molecule has 7 nitrogen and oxygen atoms in total. The Morgan fingerprint density at radius 3 is 2.53 bits per heavy atom. The first kappa shape index (κ1) is 22.0. The number of thioether (sulfide) groups is 1. The van der Waals surface area contributed by atoms with Gasteiger partial charge in [-0.15, -0.1) is 11.8 Å². The quantitative estimate of drug-likeness (QED) is 0.391. The van der Waals surface area contributed by atoms with E-state index in [4.69, 9.17) is 0 Å². The largest absolute Gasteiger partial charge is 0.362 e. The van der Waals surface area contributed by atoms with Crippen LogP contribution >= 0.6 is 11.8 Å². The van der Waals surface area contributed by atoms with Crippen LogP contribution in [0.3, 0.4) is 0 Å². The average Bonchev–Trinajstić information content (AvgIpc) is 2.75. The van der Waals surface area contributed by atoms with Gasteiger partial charge in [-0.05, 0) is 43.2 Å². The maximum absolute atomic E-state index is 12.7. The van der Waals surface area contributed by atoms with E-state index < -0.39 is 0 Å². The van der Waals surface area contributed by atoms with Crippen molar-refractivity contribution in [3.05, 3.63) is 58.1 Å². The Morgan fingerprint density at radius 1 is 1.20 bits per heavy atom. The van der Waals surface area contributed by atoms with E-state index in [1.165, 1.54) is 11.0 Å². The topological polar surface area (TPSA) is 78.7 Å². The second-order valence-corrected chi connectivity index (χ2v) is 8.98. The van der Waals surface area contributed by atoms with Gasteiger partial charge in [0.2, 0.25) is 0 Å². The number of anilines is 2. The van der Waals surface area contributed by atoms with E-state index in [1.807, 2.05) is 35.7 Å². The van der Waals surface area contributed by atoms with Gasteiger partial charge in [0.25, 0.3) is 5.69 Å². The molecule has 0 spiro atoms. The summed E-state index contributed by atoms with van der Waals surface area (Å²) < 4.78 is 0. The summed E-state index contributed by atoms with van der Waals surface area (Å²) in [5.41, 5.74) is 2.55. The van der Waals surface area contributed by atoms with Crippen LogP contribution in [0.2, 0.25) is 0 Å². The molecule has 2 amide bonds. The number of amides is 2. The number of piperazine rings is 1. The van der Waals surface area contributed by atoms with E-state index in [0.29, 0.717) is 37.1 Å². The Hall–Kier alpha value is -2.74. The second kappa shape index (κ2) is 9.84. The fourth-order valence-corrected chi connectivity index (χ4v) is 4.42. The number of nitro groups is 1. The summed E-state index contributed by atoms with van der Waals surface area (Å²) in [4.78, 5) is 28.6. The number of carbonyl (C=O) groups is 1. The van der Waals surface area contributed by atoms with Crippen LogP contribution in [0.4, 0.5) is 21.9 Å². The van der Waals surface area contributed by atoms with E-state index in [9.17, 15) is 14.9 Å². The van der Waals surface area contributed by atoms with Gasteiger partial charge in [-0.3, -0.25) is 10.1 Å². The van der Waals surface area contributed by atoms with Crippen molar-refractivity contribution >= 4 is 34.9 Å². The number of urea groups is 1. The fourth-order valence-electron chi connectivity index (χ4n) is 3.40. The minimum Gasteiger partial charge on any atom is -0.362 e. The van der Waals surface area contributed by atoms with E-state index in [-0.39, 0.29) is 16.6 Å². The van der Waals surface area contributed by atoms with Gasteiger partial charge in [0.1, 0.15) is 5.69 Å². The van der Waals surface area contributed by atoms with E-state index in [1.54, 1.807) is 23.1 Å². The fraction of sp³-hybridized carbons (Fsp3) is 0.409. The summed E-state index contributed by atoms with van der Waals surface area (Å²) in [6.45, 7) is 8.53. The predicted octanol–water partition coefficient (Wildman–Crippen LogP) is 5.15. The highest BCUT2D eigenvalue weighted by Gasteiger charge is 2.25. The minimum absolute atomic E-state index is 0.0985. The minimum atomic E-state index is -0.361. The average molecular weight is 429 g/mol. The molecule has 0 saturated carbocycles. The normalized spacial score (nSPS) is 15.0. The van der Waals surface area contributed by atoms with Crippen molar-refractivity contribution in [2.24, 2.45) is 0 Å². The predicted molar refractivity (Wildman–Crippen MR) is 123 cm³/mol. The molecular formula is C22H28N4O3S. The summed E-state index contributed by atoms with van der Waals surface area (Å²) in [7, 11) is 0. The van der Waals surface area contributed by atoms with Crippen LogP contribution in [-0.2, 0) is 0 Å². The van der Waals surface area contributed by atoms with Gasteiger partial charge in [-0.25, -0.2) is 4.79 Å². The van der Waals surface area contributed by atoms with Crippen LogP contribution in [0.15, 0.2) is 47.4 Å². The maximum Gasteiger partial charge on any atom is 0.321 e. The second-order valence-electron chi connectivity index (χ2n) is 7.46. The third kappa shape index (κ3) is 5.24. The van der Waals surface area contributed by atoms with Gasteiger partial charge in [-0.1, -0.05) is 26.0 Å². The molecule has 30 heavy (non-hydrogen) atoms. The van der Waals surface area contributed by atoms with Crippen LogP contribution in [0.1, 0.15) is 25.8 Å². The third-order valence-corrected chi connectivity index (χ3v) is 6.60. The third-order valence-electron chi connectivity index (χ3n) is 5.34. The molecule has 3 rings (SSSR count). The molecule has 1 saturated heterocycles. The molecule has 0 aromatic heterocycles. The zero-order chi connectivity index (χ0) is 21.7. The Morgan fingerprint density at radius 2 is 1.90 bits per heavy atom. The highest BCUT2D eigenvalue weighted by atomic mass is 32.2. The summed E-state index contributed by atoms with van der Waals surface area (Å²) in [5, 5.41) is 14.8. The Kier molecular flexibility index (Phi) is 7.20. The van der Waals surface area contributed by atoms with E-state index in [0.717, 1.165) is 17.7 Å². The van der Waals surface area contributed by atoms with E-state index in [2.05, 4.69) is 25.2 Å². The first-order chi connectivity index (χ1) is 14.4. The molecule has 1 fully saturated rings. The van der Waals surface area contributed by atoms with Gasteiger partial charge in [-0.2, -0.15) is 0 Å². The highest BCUT2D eigenvalue weighted by Crippen LogP contribution is 2.30. The number of nitrogens with one attached hydrogen (secondary N) is 1. The number of rotatable bonds is 6. The number of para-hydroxylation sites is 2. The van der Waals surface area contributed by atoms with Gasteiger partial charge >= 0.3 is 6.03 Å². The van der Waals surface area contributed by atoms with Gasteiger partial charge in [0, 0.05) is 48.1 Å². The number of nitrogens with zero attached hydrogens (tertiary/aromatic N) is 3. The van der Waals surface area contributed by atoms with Crippen molar-refractivity contribution in [3.63, 3.8) is 0 Å². The number of hydrogen-bond donors (Lipinski definition) is 1. The summed E-state index contributed by atoms with van der Waals surface area (Å²) in [6, 6.07) is 12.7. The molecule has 160 valence electrons. The summed E-state index contributed by atoms with van der Waals surface area (Å²) in [5.74, 6) is 0.